The van der Waals surface area contributed by atoms with Crippen LogP contribution in [0.4, 0.5) is 3.89 Å². The number of amides is 1. The first kappa shape index (κ1) is 13.6. The van der Waals surface area contributed by atoms with Gasteiger partial charge in [0, 0.05) is 13.5 Å². The summed E-state index contributed by atoms with van der Waals surface area (Å²) in [5, 5.41) is 6.22. The molecule has 6 nitrogen and oxygen atoms in total. The molecule has 0 saturated carbocycles. The Morgan fingerprint density at radius 1 is 1.59 bits per heavy atom. The van der Waals surface area contributed by atoms with Crippen LogP contribution in [0.25, 0.3) is 0 Å². The van der Waals surface area contributed by atoms with Crippen LogP contribution in [0.2, 0.25) is 0 Å². The van der Waals surface area contributed by atoms with Gasteiger partial charge in [0.15, 0.2) is 0 Å². The first-order chi connectivity index (χ1) is 7.86. The zero-order valence-electron chi connectivity index (χ0n) is 9.60. The summed E-state index contributed by atoms with van der Waals surface area (Å²) in [5.74, 6) is -0.323. The number of carbonyl (C=O) groups excluding carboxylic acids is 1. The number of nitrogens with zero attached hydrogens (tertiary/aromatic N) is 2. The van der Waals surface area contributed by atoms with E-state index in [1.54, 1.807) is 0 Å². The van der Waals surface area contributed by atoms with Crippen molar-refractivity contribution in [3.05, 3.63) is 11.9 Å². The highest BCUT2D eigenvalue weighted by molar-refractivity contribution is 7.86. The summed E-state index contributed by atoms with van der Waals surface area (Å²) in [6, 6.07) is 0. The van der Waals surface area contributed by atoms with Crippen LogP contribution in [0.1, 0.15) is 26.0 Å². The molecule has 96 valence electrons. The first-order valence-corrected chi connectivity index (χ1v) is 6.48. The van der Waals surface area contributed by atoms with E-state index < -0.39 is 15.1 Å². The van der Waals surface area contributed by atoms with Crippen LogP contribution in [-0.2, 0) is 28.1 Å². The molecular formula is C9H14FN3O3S. The largest absolute Gasteiger partial charge is 0.351 e. The molecule has 17 heavy (non-hydrogen) atoms. The predicted octanol–water partition coefficient (Wildman–Crippen LogP) is 0.587. The zero-order valence-corrected chi connectivity index (χ0v) is 10.4. The molecular weight excluding hydrogens is 249 g/mol. The van der Waals surface area contributed by atoms with Crippen molar-refractivity contribution in [2.24, 2.45) is 0 Å². The van der Waals surface area contributed by atoms with E-state index in [9.17, 15) is 17.1 Å². The molecule has 8 heteroatoms. The fourth-order valence-electron chi connectivity index (χ4n) is 1.39. The molecule has 0 aliphatic rings. The van der Waals surface area contributed by atoms with Crippen LogP contribution in [0.3, 0.4) is 0 Å². The molecule has 0 fully saturated rings. The van der Waals surface area contributed by atoms with Crippen molar-refractivity contribution in [2.75, 3.05) is 0 Å². The zero-order chi connectivity index (χ0) is 13.1. The highest BCUT2D eigenvalue weighted by atomic mass is 32.3. The number of aromatic nitrogens is 2. The van der Waals surface area contributed by atoms with E-state index in [4.69, 9.17) is 0 Å². The highest BCUT2D eigenvalue weighted by Crippen LogP contribution is 2.18. The van der Waals surface area contributed by atoms with Crippen LogP contribution >= 0.6 is 0 Å². The van der Waals surface area contributed by atoms with Crippen molar-refractivity contribution < 1.29 is 17.1 Å². The maximum Gasteiger partial charge on any atom is 0.335 e. The Labute approximate surface area is 99.0 Å². The number of nitrogens with one attached hydrogen (secondary N) is 1. The number of halogens is 1. The molecule has 1 rings (SSSR count). The van der Waals surface area contributed by atoms with Gasteiger partial charge in [-0.25, -0.2) is 0 Å². The topological polar surface area (TPSA) is 81.1 Å². The van der Waals surface area contributed by atoms with Crippen molar-refractivity contribution in [3.63, 3.8) is 0 Å². The van der Waals surface area contributed by atoms with Gasteiger partial charge in [0.05, 0.1) is 18.4 Å². The number of aryl methyl sites for hydroxylation is 1. The fourth-order valence-corrected chi connectivity index (χ4v) is 2.02. The first-order valence-electron chi connectivity index (χ1n) is 5.10. The monoisotopic (exact) mass is 263 g/mol. The van der Waals surface area contributed by atoms with Gasteiger partial charge < -0.3 is 5.32 Å². The van der Waals surface area contributed by atoms with Crippen LogP contribution in [0.5, 0.6) is 0 Å². The van der Waals surface area contributed by atoms with Crippen LogP contribution < -0.4 is 5.32 Å². The standard InChI is InChI=1S/C9H14FN3O3S/c1-3-4-13-8(5-11-7(2)14)9(6-12-13)17(10,15)16/h6H,3-5H2,1-2H3,(H,11,14). The molecule has 1 amide bonds. The van der Waals surface area contributed by atoms with E-state index in [-0.39, 0.29) is 18.1 Å². The lowest BCUT2D eigenvalue weighted by Crippen LogP contribution is -2.22. The minimum atomic E-state index is -4.81. The Morgan fingerprint density at radius 3 is 2.71 bits per heavy atom. The molecule has 0 saturated heterocycles. The average Bonchev–Trinajstić information content (AvgIpc) is 2.58. The lowest BCUT2D eigenvalue weighted by molar-refractivity contribution is -0.119. The molecule has 1 aromatic rings. The number of hydrogen-bond acceptors (Lipinski definition) is 4. The van der Waals surface area contributed by atoms with Gasteiger partial charge in [-0.3, -0.25) is 9.48 Å². The van der Waals surface area contributed by atoms with Gasteiger partial charge in [-0.15, -0.1) is 3.89 Å². The van der Waals surface area contributed by atoms with Crippen molar-refractivity contribution in [3.8, 4) is 0 Å². The van der Waals surface area contributed by atoms with Crippen LogP contribution in [0.15, 0.2) is 11.1 Å². The summed E-state index contributed by atoms with van der Waals surface area (Å²) in [5.41, 5.74) is 0.157. The number of hydrogen-bond donors (Lipinski definition) is 1. The van der Waals surface area contributed by atoms with Gasteiger partial charge in [0.1, 0.15) is 4.90 Å². The van der Waals surface area contributed by atoms with Gasteiger partial charge in [-0.05, 0) is 6.42 Å². The third kappa shape index (κ3) is 3.52. The summed E-state index contributed by atoms with van der Waals surface area (Å²) in [6.45, 7) is 3.58. The second kappa shape index (κ2) is 5.26. The van der Waals surface area contributed by atoms with E-state index in [2.05, 4.69) is 10.4 Å². The summed E-state index contributed by atoms with van der Waals surface area (Å²) in [6.07, 6.45) is 1.68. The predicted molar refractivity (Wildman–Crippen MR) is 58.3 cm³/mol. The molecule has 0 bridgehead atoms. The Bertz CT molecular complexity index is 510. The van der Waals surface area contributed by atoms with Crippen molar-refractivity contribution in [1.29, 1.82) is 0 Å². The second-order valence-corrected chi connectivity index (χ2v) is 4.84. The molecule has 0 aromatic carbocycles. The summed E-state index contributed by atoms with van der Waals surface area (Å²) < 4.78 is 36.1. The van der Waals surface area contributed by atoms with Crippen molar-refractivity contribution >= 4 is 16.1 Å². The van der Waals surface area contributed by atoms with Gasteiger partial charge in [-0.2, -0.15) is 13.5 Å². The van der Waals surface area contributed by atoms with E-state index >= 15 is 0 Å². The van der Waals surface area contributed by atoms with Crippen molar-refractivity contribution in [1.82, 2.24) is 15.1 Å². The lowest BCUT2D eigenvalue weighted by Gasteiger charge is -2.07. The molecule has 0 atom stereocenters. The molecule has 0 aliphatic heterocycles. The fraction of sp³-hybridized carbons (Fsp3) is 0.556. The molecule has 1 N–H and O–H groups in total. The Kier molecular flexibility index (Phi) is 4.22. The number of carbonyl (C=O) groups is 1. The Morgan fingerprint density at radius 2 is 2.24 bits per heavy atom. The van der Waals surface area contributed by atoms with Gasteiger partial charge in [0.25, 0.3) is 0 Å². The smallest absolute Gasteiger partial charge is 0.335 e. The molecule has 0 unspecified atom stereocenters. The maximum absolute atomic E-state index is 13.0. The summed E-state index contributed by atoms with van der Waals surface area (Å²) in [7, 11) is -4.81. The summed E-state index contributed by atoms with van der Waals surface area (Å²) in [4.78, 5) is 10.3. The highest BCUT2D eigenvalue weighted by Gasteiger charge is 2.22. The molecule has 1 aromatic heterocycles. The number of rotatable bonds is 5. The third-order valence-electron chi connectivity index (χ3n) is 2.11. The normalized spacial score (nSPS) is 11.5. The SMILES string of the molecule is CCCn1ncc(S(=O)(=O)F)c1CNC(C)=O. The molecule has 1 heterocycles. The quantitative estimate of drug-likeness (QED) is 0.788. The second-order valence-electron chi connectivity index (χ2n) is 3.53. The molecule has 0 spiro atoms. The van der Waals surface area contributed by atoms with Gasteiger partial charge in [-0.1, -0.05) is 6.92 Å². The van der Waals surface area contributed by atoms with E-state index in [1.165, 1.54) is 11.6 Å². The summed E-state index contributed by atoms with van der Waals surface area (Å²) >= 11 is 0. The minimum Gasteiger partial charge on any atom is -0.351 e. The maximum atomic E-state index is 13.0. The lowest BCUT2D eigenvalue weighted by atomic mass is 10.4. The van der Waals surface area contributed by atoms with Crippen LogP contribution in [-0.4, -0.2) is 24.1 Å². The minimum absolute atomic E-state index is 0.0617. The van der Waals surface area contributed by atoms with Crippen LogP contribution in [0, 0.1) is 0 Å². The molecule has 0 aliphatic carbocycles. The average molecular weight is 263 g/mol. The molecule has 0 radical (unpaired) electrons. The van der Waals surface area contributed by atoms with Gasteiger partial charge >= 0.3 is 10.2 Å². The van der Waals surface area contributed by atoms with E-state index in [1.807, 2.05) is 6.92 Å². The van der Waals surface area contributed by atoms with Gasteiger partial charge in [0.2, 0.25) is 5.91 Å². The third-order valence-corrected chi connectivity index (χ3v) is 2.98. The van der Waals surface area contributed by atoms with Crippen molar-refractivity contribution in [2.45, 2.75) is 38.3 Å². The Balaban J connectivity index is 3.10. The van der Waals surface area contributed by atoms with E-state index in [0.29, 0.717) is 6.54 Å². The van der Waals surface area contributed by atoms with E-state index in [0.717, 1.165) is 12.6 Å². The Hall–Kier alpha value is -1.44.